The third kappa shape index (κ3) is 3.43. The smallest absolute Gasteiger partial charge is 0.211 e. The van der Waals surface area contributed by atoms with Crippen LogP contribution in [0.3, 0.4) is 0 Å². The molecule has 1 aromatic rings. The van der Waals surface area contributed by atoms with Gasteiger partial charge in [-0.1, -0.05) is 23.7 Å². The first-order chi connectivity index (χ1) is 7.88. The van der Waals surface area contributed by atoms with Gasteiger partial charge in [0.05, 0.1) is 6.07 Å². The molecule has 92 valence electrons. The molecule has 1 rings (SSSR count). The summed E-state index contributed by atoms with van der Waals surface area (Å²) < 4.78 is 24.6. The van der Waals surface area contributed by atoms with Gasteiger partial charge in [-0.05, 0) is 24.6 Å². The van der Waals surface area contributed by atoms with Gasteiger partial charge in [0.1, 0.15) is 0 Å². The molecule has 1 atom stereocenters. The summed E-state index contributed by atoms with van der Waals surface area (Å²) in [5, 5.41) is 9.07. The molecule has 0 radical (unpaired) electrons. The molecule has 4 nitrogen and oxygen atoms in total. The van der Waals surface area contributed by atoms with Crippen LogP contribution in [0.2, 0.25) is 5.02 Å². The first-order valence-corrected chi connectivity index (χ1v) is 6.95. The maximum atomic E-state index is 11.7. The first kappa shape index (κ1) is 14.0. The molecular weight excluding hydrogens is 260 g/mol. The van der Waals surface area contributed by atoms with E-state index in [9.17, 15) is 8.42 Å². The Morgan fingerprint density at radius 1 is 1.41 bits per heavy atom. The van der Waals surface area contributed by atoms with Crippen molar-refractivity contribution in [2.24, 2.45) is 0 Å². The molecule has 1 unspecified atom stereocenters. The molecule has 0 aromatic heterocycles. The minimum absolute atomic E-state index is 0.328. The Balaban J connectivity index is 2.95. The number of benzene rings is 1. The molecule has 0 bridgehead atoms. The summed E-state index contributed by atoms with van der Waals surface area (Å²) in [6.45, 7) is 1.76. The first-order valence-electron chi connectivity index (χ1n) is 4.96. The Morgan fingerprint density at radius 3 is 2.41 bits per heavy atom. The van der Waals surface area contributed by atoms with Crippen LogP contribution in [0, 0.1) is 11.3 Å². The zero-order valence-electron chi connectivity index (χ0n) is 9.59. The summed E-state index contributed by atoms with van der Waals surface area (Å²) in [7, 11) is -2.06. The van der Waals surface area contributed by atoms with Crippen LogP contribution in [0.15, 0.2) is 24.3 Å². The lowest BCUT2D eigenvalue weighted by Crippen LogP contribution is -2.31. The van der Waals surface area contributed by atoms with Crippen molar-refractivity contribution in [2.75, 3.05) is 12.8 Å². The fourth-order valence-electron chi connectivity index (χ4n) is 1.38. The van der Waals surface area contributed by atoms with E-state index in [0.29, 0.717) is 5.02 Å². The second-order valence-electron chi connectivity index (χ2n) is 3.66. The summed E-state index contributed by atoms with van der Waals surface area (Å²) in [5.41, 5.74) is 0.832. The van der Waals surface area contributed by atoms with Crippen molar-refractivity contribution in [1.82, 2.24) is 4.31 Å². The van der Waals surface area contributed by atoms with E-state index in [1.165, 1.54) is 11.4 Å². The Morgan fingerprint density at radius 2 is 1.94 bits per heavy atom. The van der Waals surface area contributed by atoms with Crippen LogP contribution in [0.5, 0.6) is 0 Å². The van der Waals surface area contributed by atoms with E-state index in [4.69, 9.17) is 16.9 Å². The fraction of sp³-hybridized carbons (Fsp3) is 0.364. The maximum Gasteiger partial charge on any atom is 0.227 e. The van der Waals surface area contributed by atoms with E-state index >= 15 is 0 Å². The van der Waals surface area contributed by atoms with E-state index in [1.54, 1.807) is 37.3 Å². The highest BCUT2D eigenvalue weighted by molar-refractivity contribution is 7.89. The lowest BCUT2D eigenvalue weighted by atomic mass is 10.1. The molecule has 0 aliphatic carbocycles. The largest absolute Gasteiger partial charge is 0.227 e. The van der Waals surface area contributed by atoms with Crippen LogP contribution >= 0.6 is 11.6 Å². The molecule has 1 aromatic carbocycles. The molecule has 17 heavy (non-hydrogen) atoms. The zero-order chi connectivity index (χ0) is 13.1. The van der Waals surface area contributed by atoms with Crippen LogP contribution < -0.4 is 0 Å². The quantitative estimate of drug-likeness (QED) is 0.844. The number of rotatable bonds is 4. The van der Waals surface area contributed by atoms with Gasteiger partial charge in [0.15, 0.2) is 5.75 Å². The van der Waals surface area contributed by atoms with Gasteiger partial charge >= 0.3 is 0 Å². The van der Waals surface area contributed by atoms with E-state index in [-0.39, 0.29) is 6.04 Å². The Bertz CT molecular complexity index is 519. The fourth-order valence-corrected chi connectivity index (χ4v) is 2.47. The predicted octanol–water partition coefficient (Wildman–Crippen LogP) is 2.19. The molecule has 0 heterocycles. The Labute approximate surface area is 106 Å². The maximum absolute atomic E-state index is 11.7. The SMILES string of the molecule is CC(c1ccc(Cl)cc1)N(C)S(=O)(=O)CC#N. The van der Waals surface area contributed by atoms with E-state index in [2.05, 4.69) is 0 Å². The molecule has 0 spiro atoms. The van der Waals surface area contributed by atoms with Gasteiger partial charge in [-0.3, -0.25) is 0 Å². The van der Waals surface area contributed by atoms with Crippen molar-refractivity contribution in [2.45, 2.75) is 13.0 Å². The highest BCUT2D eigenvalue weighted by Crippen LogP contribution is 2.23. The minimum atomic E-state index is -3.53. The minimum Gasteiger partial charge on any atom is -0.211 e. The lowest BCUT2D eigenvalue weighted by Gasteiger charge is -2.23. The highest BCUT2D eigenvalue weighted by Gasteiger charge is 2.23. The number of hydrogen-bond donors (Lipinski definition) is 0. The zero-order valence-corrected chi connectivity index (χ0v) is 11.2. The Hall–Kier alpha value is -1.09. The van der Waals surface area contributed by atoms with Crippen molar-refractivity contribution in [1.29, 1.82) is 5.26 Å². The second-order valence-corrected chi connectivity index (χ2v) is 6.12. The number of nitrogens with zero attached hydrogens (tertiary/aromatic N) is 2. The predicted molar refractivity (Wildman–Crippen MR) is 67.0 cm³/mol. The van der Waals surface area contributed by atoms with E-state index in [1.807, 2.05) is 0 Å². The van der Waals surface area contributed by atoms with Gasteiger partial charge in [0.2, 0.25) is 10.0 Å². The van der Waals surface area contributed by atoms with Crippen LogP contribution in [0.25, 0.3) is 0 Å². The molecule has 0 N–H and O–H groups in total. The summed E-state index contributed by atoms with van der Waals surface area (Å²) in [5.74, 6) is -0.512. The van der Waals surface area contributed by atoms with Crippen molar-refractivity contribution in [3.05, 3.63) is 34.9 Å². The average Bonchev–Trinajstić information content (AvgIpc) is 2.28. The topological polar surface area (TPSA) is 61.2 Å². The van der Waals surface area contributed by atoms with Gasteiger partial charge in [-0.25, -0.2) is 8.42 Å². The molecule has 0 saturated heterocycles. The van der Waals surface area contributed by atoms with Crippen LogP contribution in [-0.2, 0) is 10.0 Å². The van der Waals surface area contributed by atoms with Crippen molar-refractivity contribution >= 4 is 21.6 Å². The lowest BCUT2D eigenvalue weighted by molar-refractivity contribution is 0.400. The Kier molecular flexibility index (Phi) is 4.52. The summed E-state index contributed by atoms with van der Waals surface area (Å²) in [6.07, 6.45) is 0. The number of sulfonamides is 1. The summed E-state index contributed by atoms with van der Waals surface area (Å²) in [6, 6.07) is 8.28. The summed E-state index contributed by atoms with van der Waals surface area (Å²) >= 11 is 5.76. The van der Waals surface area contributed by atoms with Gasteiger partial charge in [-0.15, -0.1) is 0 Å². The highest BCUT2D eigenvalue weighted by atomic mass is 35.5. The van der Waals surface area contributed by atoms with Crippen LogP contribution in [-0.4, -0.2) is 25.5 Å². The third-order valence-corrected chi connectivity index (χ3v) is 4.52. The van der Waals surface area contributed by atoms with Gasteiger partial charge < -0.3 is 0 Å². The normalized spacial score (nSPS) is 13.4. The molecular formula is C11H13ClN2O2S. The monoisotopic (exact) mass is 272 g/mol. The van der Waals surface area contributed by atoms with Gasteiger partial charge in [0, 0.05) is 18.1 Å². The molecule has 0 aliphatic rings. The number of halogens is 1. The average molecular weight is 273 g/mol. The van der Waals surface area contributed by atoms with E-state index in [0.717, 1.165) is 5.56 Å². The van der Waals surface area contributed by atoms with Gasteiger partial charge in [-0.2, -0.15) is 9.57 Å². The molecule has 0 aliphatic heterocycles. The molecule has 6 heteroatoms. The summed E-state index contributed by atoms with van der Waals surface area (Å²) in [4.78, 5) is 0. The van der Waals surface area contributed by atoms with Crippen molar-refractivity contribution in [3.8, 4) is 6.07 Å². The van der Waals surface area contributed by atoms with Gasteiger partial charge in [0.25, 0.3) is 0 Å². The van der Waals surface area contributed by atoms with Crippen LogP contribution in [0.1, 0.15) is 18.5 Å². The molecule has 0 saturated carbocycles. The standard InChI is InChI=1S/C11H13ClN2O2S/c1-9(10-3-5-11(12)6-4-10)14(2)17(15,16)8-7-13/h3-6,9H,8H2,1-2H3. The molecule has 0 fully saturated rings. The third-order valence-electron chi connectivity index (χ3n) is 2.58. The van der Waals surface area contributed by atoms with Crippen molar-refractivity contribution in [3.63, 3.8) is 0 Å². The second kappa shape index (κ2) is 5.50. The van der Waals surface area contributed by atoms with E-state index < -0.39 is 15.8 Å². The number of nitriles is 1. The van der Waals surface area contributed by atoms with Crippen LogP contribution in [0.4, 0.5) is 0 Å². The molecule has 0 amide bonds. The number of hydrogen-bond acceptors (Lipinski definition) is 3. The van der Waals surface area contributed by atoms with Crippen molar-refractivity contribution < 1.29 is 8.42 Å².